The number of anilines is 1. The maximum atomic E-state index is 15.2. The lowest BCUT2D eigenvalue weighted by molar-refractivity contribution is -0.119. The smallest absolute Gasteiger partial charge is 0.242 e. The lowest BCUT2D eigenvalue weighted by Crippen LogP contribution is -2.58. The summed E-state index contributed by atoms with van der Waals surface area (Å²) in [5.41, 5.74) is 7.14. The lowest BCUT2D eigenvalue weighted by Gasteiger charge is -2.44. The van der Waals surface area contributed by atoms with Gasteiger partial charge in [-0.3, -0.25) is 4.79 Å². The summed E-state index contributed by atoms with van der Waals surface area (Å²) in [6, 6.07) is 10.2. The minimum atomic E-state index is -3.42. The zero-order valence-electron chi connectivity index (χ0n) is 24.1. The van der Waals surface area contributed by atoms with E-state index in [0.29, 0.717) is 43.8 Å². The number of nitrogens with one attached hydrogen (secondary N) is 2. The van der Waals surface area contributed by atoms with Crippen LogP contribution in [0.2, 0.25) is 5.02 Å². The molecule has 236 valence electrons. The van der Waals surface area contributed by atoms with E-state index in [4.69, 9.17) is 17.3 Å². The number of hydrogen-bond donors (Lipinski definition) is 3. The summed E-state index contributed by atoms with van der Waals surface area (Å²) in [6.07, 6.45) is 3.78. The van der Waals surface area contributed by atoms with Crippen LogP contribution in [-0.2, 0) is 36.7 Å². The van der Waals surface area contributed by atoms with Crippen LogP contribution in [0, 0.1) is 5.82 Å². The van der Waals surface area contributed by atoms with E-state index in [1.807, 2.05) is 0 Å². The van der Waals surface area contributed by atoms with Gasteiger partial charge in [-0.15, -0.1) is 0 Å². The molecule has 2 aromatic rings. The third-order valence-electron chi connectivity index (χ3n) is 9.25. The van der Waals surface area contributed by atoms with Gasteiger partial charge >= 0.3 is 0 Å². The average molecular weight is 656 g/mol. The van der Waals surface area contributed by atoms with Gasteiger partial charge in [-0.1, -0.05) is 29.8 Å². The third-order valence-corrected chi connectivity index (χ3v) is 12.8. The molecule has 3 fully saturated rings. The van der Waals surface area contributed by atoms with Crippen molar-refractivity contribution in [3.05, 3.63) is 64.4 Å². The highest BCUT2D eigenvalue weighted by Crippen LogP contribution is 2.40. The van der Waals surface area contributed by atoms with Crippen LogP contribution < -0.4 is 16.4 Å². The van der Waals surface area contributed by atoms with Crippen molar-refractivity contribution < 1.29 is 26.0 Å². The molecule has 2 aromatic carbocycles. The van der Waals surface area contributed by atoms with Crippen LogP contribution in [0.5, 0.6) is 0 Å². The summed E-state index contributed by atoms with van der Waals surface area (Å²) >= 11 is 6.12. The Morgan fingerprint density at radius 1 is 1.21 bits per heavy atom. The molecule has 0 saturated carbocycles. The Bertz CT molecular complexity index is 1550. The molecule has 3 saturated heterocycles. The number of hydrogen-bond acceptors (Lipinski definition) is 7. The molecule has 10 nitrogen and oxygen atoms in total. The second-order valence-electron chi connectivity index (χ2n) is 11.9. The molecular formula is C29H39ClFN5O5S2. The molecule has 3 heterocycles. The number of carbonyl (C=O) groups is 1. The Morgan fingerprint density at radius 2 is 1.91 bits per heavy atom. The maximum Gasteiger partial charge on any atom is 0.242 e. The molecule has 1 amide bonds. The van der Waals surface area contributed by atoms with Gasteiger partial charge in [0.2, 0.25) is 26.0 Å². The van der Waals surface area contributed by atoms with E-state index in [9.17, 15) is 21.6 Å². The van der Waals surface area contributed by atoms with Gasteiger partial charge in [0, 0.05) is 60.0 Å². The predicted octanol–water partition coefficient (Wildman–Crippen LogP) is 2.44. The summed E-state index contributed by atoms with van der Waals surface area (Å²) in [5.74, 6) is -0.912. The number of benzene rings is 2. The first kappa shape index (κ1) is 32.3. The van der Waals surface area contributed by atoms with Crippen molar-refractivity contribution in [1.82, 2.24) is 13.9 Å². The van der Waals surface area contributed by atoms with E-state index in [-0.39, 0.29) is 48.6 Å². The van der Waals surface area contributed by atoms with E-state index < -0.39 is 43.2 Å². The zero-order valence-corrected chi connectivity index (χ0v) is 26.5. The number of carbonyl (C=O) groups excluding carboxylic acids is 1. The number of fused-ring (bicyclic) bond motifs is 2. The van der Waals surface area contributed by atoms with Crippen molar-refractivity contribution in [2.45, 2.75) is 62.1 Å². The summed E-state index contributed by atoms with van der Waals surface area (Å²) in [6.45, 7) is 1.29. The summed E-state index contributed by atoms with van der Waals surface area (Å²) < 4.78 is 68.3. The monoisotopic (exact) mass is 655 g/mol. The van der Waals surface area contributed by atoms with Crippen LogP contribution in [0.3, 0.4) is 0 Å². The van der Waals surface area contributed by atoms with Crippen LogP contribution in [0.15, 0.2) is 42.5 Å². The van der Waals surface area contributed by atoms with Crippen LogP contribution in [0.25, 0.3) is 0 Å². The Labute approximate surface area is 258 Å². The standard InChI is InChI=1S/C29H39ClFN5O5S2/c1-42(38,39)35-15-13-29(14-16-35,20-7-9-21(30)10-8-20)27(32)28(37)34-26-6-2-5-25(31)24(26)12-11-23-18-33-22-4-3-17-43(40,41)36(23)19-22/h2,5-10,22-23,27,33H,3-4,11-19,32H2,1H3,(H,34,37)/t22-,23+,27?/m1/s1. The number of rotatable bonds is 8. The van der Waals surface area contributed by atoms with Gasteiger partial charge < -0.3 is 16.4 Å². The Morgan fingerprint density at radius 3 is 2.58 bits per heavy atom. The Kier molecular flexibility index (Phi) is 9.53. The number of nitrogens with zero attached hydrogens (tertiary/aromatic N) is 2. The van der Waals surface area contributed by atoms with E-state index in [1.54, 1.807) is 34.6 Å². The zero-order chi connectivity index (χ0) is 31.0. The van der Waals surface area contributed by atoms with Crippen molar-refractivity contribution >= 4 is 43.2 Å². The Hall–Kier alpha value is -2.13. The van der Waals surface area contributed by atoms with Gasteiger partial charge in [0.25, 0.3) is 0 Å². The van der Waals surface area contributed by atoms with Crippen molar-refractivity contribution in [2.24, 2.45) is 5.73 Å². The number of piperidine rings is 1. The molecule has 5 rings (SSSR count). The SMILES string of the molecule is CS(=O)(=O)N1CCC(c2ccc(Cl)cc2)(C(N)C(=O)Nc2cccc(F)c2CC[C@H]2CN[C@@H]3CCCS(=O)(=O)N2C3)CC1. The van der Waals surface area contributed by atoms with Gasteiger partial charge in [0.1, 0.15) is 5.82 Å². The largest absolute Gasteiger partial charge is 0.324 e. The first-order chi connectivity index (χ1) is 20.3. The average Bonchev–Trinajstić information content (AvgIpc) is 3.08. The number of sulfonamides is 2. The van der Waals surface area contributed by atoms with Crippen molar-refractivity contribution in [3.8, 4) is 0 Å². The molecule has 4 N–H and O–H groups in total. The molecule has 0 radical (unpaired) electrons. The fraction of sp³-hybridized carbons (Fsp3) is 0.552. The minimum absolute atomic E-state index is 0.109. The molecule has 2 bridgehead atoms. The van der Waals surface area contributed by atoms with Gasteiger partial charge in [0.05, 0.1) is 18.1 Å². The number of amides is 1. The van der Waals surface area contributed by atoms with Crippen molar-refractivity contribution in [3.63, 3.8) is 0 Å². The number of halogens is 2. The highest BCUT2D eigenvalue weighted by Gasteiger charge is 2.46. The molecule has 0 aromatic heterocycles. The molecule has 3 aliphatic heterocycles. The Balaban J connectivity index is 1.36. The first-order valence-electron chi connectivity index (χ1n) is 14.6. The van der Waals surface area contributed by atoms with Crippen LogP contribution in [0.4, 0.5) is 10.1 Å². The molecular weight excluding hydrogens is 617 g/mol. The van der Waals surface area contributed by atoms with Crippen LogP contribution in [-0.4, -0.2) is 87.7 Å². The van der Waals surface area contributed by atoms with E-state index in [2.05, 4.69) is 10.6 Å². The highest BCUT2D eigenvalue weighted by atomic mass is 35.5. The molecule has 0 spiro atoms. The van der Waals surface area contributed by atoms with Crippen molar-refractivity contribution in [1.29, 1.82) is 0 Å². The van der Waals surface area contributed by atoms with E-state index >= 15 is 4.39 Å². The normalized spacial score (nSPS) is 26.3. The van der Waals surface area contributed by atoms with Gasteiger partial charge in [0.15, 0.2) is 0 Å². The minimum Gasteiger partial charge on any atom is -0.324 e. The molecule has 2 unspecified atom stereocenters. The summed E-state index contributed by atoms with van der Waals surface area (Å²) in [5, 5.41) is 6.79. The molecule has 3 aliphatic rings. The number of piperazine rings is 1. The molecule has 43 heavy (non-hydrogen) atoms. The summed E-state index contributed by atoms with van der Waals surface area (Å²) in [4.78, 5) is 13.8. The second-order valence-corrected chi connectivity index (χ2v) is 16.3. The topological polar surface area (TPSA) is 142 Å². The summed E-state index contributed by atoms with van der Waals surface area (Å²) in [7, 11) is -6.81. The number of nitrogens with two attached hydrogens (primary N) is 1. The van der Waals surface area contributed by atoms with Gasteiger partial charge in [-0.2, -0.15) is 4.31 Å². The van der Waals surface area contributed by atoms with E-state index in [1.165, 1.54) is 16.4 Å². The van der Waals surface area contributed by atoms with Gasteiger partial charge in [-0.25, -0.2) is 25.5 Å². The highest BCUT2D eigenvalue weighted by molar-refractivity contribution is 7.89. The van der Waals surface area contributed by atoms with Crippen molar-refractivity contribution in [2.75, 3.05) is 43.5 Å². The predicted molar refractivity (Wildman–Crippen MR) is 165 cm³/mol. The fourth-order valence-corrected chi connectivity index (χ4v) is 9.50. The first-order valence-corrected chi connectivity index (χ1v) is 18.4. The van der Waals surface area contributed by atoms with Crippen LogP contribution >= 0.6 is 11.6 Å². The van der Waals surface area contributed by atoms with E-state index in [0.717, 1.165) is 18.2 Å². The van der Waals surface area contributed by atoms with Gasteiger partial charge in [-0.05, 0) is 68.4 Å². The molecule has 14 heteroatoms. The maximum absolute atomic E-state index is 15.2. The van der Waals surface area contributed by atoms with Crippen LogP contribution in [0.1, 0.15) is 43.2 Å². The quantitative estimate of drug-likeness (QED) is 0.397. The third kappa shape index (κ3) is 6.92. The molecule has 0 aliphatic carbocycles. The lowest BCUT2D eigenvalue weighted by atomic mass is 9.68. The second kappa shape index (κ2) is 12.7. The fourth-order valence-electron chi connectivity index (χ4n) is 6.72. The molecule has 4 atom stereocenters.